The highest BCUT2D eigenvalue weighted by molar-refractivity contribution is 7.91. The highest BCUT2D eigenvalue weighted by atomic mass is 32.2. The molecule has 0 aliphatic heterocycles. The number of benzene rings is 1. The highest BCUT2D eigenvalue weighted by Crippen LogP contribution is 2.22. The fourth-order valence-corrected chi connectivity index (χ4v) is 3.60. The maximum Gasteiger partial charge on any atom is 0.341 e. The minimum Gasteiger partial charge on any atom is -0.371 e. The minimum atomic E-state index is -4.62. The molecule has 0 heterocycles. The van der Waals surface area contributed by atoms with Crippen LogP contribution in [0.15, 0.2) is 29.2 Å². The van der Waals surface area contributed by atoms with Crippen molar-refractivity contribution in [2.24, 2.45) is 0 Å². The summed E-state index contributed by atoms with van der Waals surface area (Å²) >= 11 is 0. The first-order valence-electron chi connectivity index (χ1n) is 5.98. The summed E-state index contributed by atoms with van der Waals surface area (Å²) in [6.07, 6.45) is 1.12. The van der Waals surface area contributed by atoms with Crippen LogP contribution in [0.1, 0.15) is 6.92 Å². The van der Waals surface area contributed by atoms with Crippen LogP contribution in [0.25, 0.3) is 0 Å². The molecule has 1 aromatic rings. The Morgan fingerprint density at radius 1 is 1.10 bits per heavy atom. The van der Waals surface area contributed by atoms with Gasteiger partial charge < -0.3 is 4.90 Å². The Morgan fingerprint density at radius 2 is 1.57 bits per heavy atom. The van der Waals surface area contributed by atoms with Gasteiger partial charge in [-0.3, -0.25) is 0 Å². The topological polar surface area (TPSA) is 71.5 Å². The summed E-state index contributed by atoms with van der Waals surface area (Å²) in [4.78, 5) is 1.17. The maximum absolute atomic E-state index is 12.4. The number of anilines is 1. The molecule has 1 atom stereocenters. The number of rotatable bonds is 6. The summed E-state index contributed by atoms with van der Waals surface area (Å²) < 4.78 is 69.9. The summed E-state index contributed by atoms with van der Waals surface area (Å²) in [5, 5.41) is 0. The van der Waals surface area contributed by atoms with Crippen molar-refractivity contribution < 1.29 is 25.6 Å². The lowest BCUT2D eigenvalue weighted by Gasteiger charge is -2.26. The number of hydrogen-bond donors (Lipinski definition) is 0. The third-order valence-corrected chi connectivity index (χ3v) is 5.50. The first kappa shape index (κ1) is 17.8. The molecule has 0 aliphatic carbocycles. The highest BCUT2D eigenvalue weighted by Gasteiger charge is 2.26. The zero-order valence-electron chi connectivity index (χ0n) is 11.8. The van der Waals surface area contributed by atoms with Gasteiger partial charge in [-0.2, -0.15) is 8.78 Å². The molecule has 0 saturated carbocycles. The van der Waals surface area contributed by atoms with E-state index in [1.807, 2.05) is 0 Å². The minimum absolute atomic E-state index is 0.0689. The average Bonchev–Trinajstić information content (AvgIpc) is 2.35. The van der Waals surface area contributed by atoms with Gasteiger partial charge in [0.05, 0.1) is 10.6 Å². The molecule has 5 nitrogen and oxygen atoms in total. The van der Waals surface area contributed by atoms with Crippen molar-refractivity contribution in [2.45, 2.75) is 23.6 Å². The fourth-order valence-electron chi connectivity index (χ4n) is 1.78. The van der Waals surface area contributed by atoms with Crippen molar-refractivity contribution in [3.05, 3.63) is 24.3 Å². The first-order valence-corrected chi connectivity index (χ1v) is 9.58. The predicted octanol–water partition coefficient (Wildman–Crippen LogP) is 1.55. The Labute approximate surface area is 123 Å². The van der Waals surface area contributed by atoms with Crippen LogP contribution in [-0.2, 0) is 19.7 Å². The third-order valence-electron chi connectivity index (χ3n) is 3.01. The molecule has 0 aromatic heterocycles. The van der Waals surface area contributed by atoms with Crippen LogP contribution in [0.2, 0.25) is 0 Å². The van der Waals surface area contributed by atoms with E-state index in [2.05, 4.69) is 0 Å². The molecule has 0 radical (unpaired) electrons. The Hall–Kier alpha value is -1.22. The molecule has 1 unspecified atom stereocenters. The van der Waals surface area contributed by atoms with Crippen LogP contribution in [0.5, 0.6) is 0 Å². The zero-order chi connectivity index (χ0) is 16.4. The SMILES string of the molecule is CC(CS(C)(=O)=O)N(C)c1ccc(S(=O)(=O)C(F)F)cc1. The van der Waals surface area contributed by atoms with E-state index in [0.29, 0.717) is 5.69 Å². The Bertz CT molecular complexity index is 684. The van der Waals surface area contributed by atoms with E-state index in [1.54, 1.807) is 18.9 Å². The van der Waals surface area contributed by atoms with Gasteiger partial charge in [-0.25, -0.2) is 16.8 Å². The second-order valence-corrected chi connectivity index (χ2v) is 8.95. The van der Waals surface area contributed by atoms with Gasteiger partial charge in [0.25, 0.3) is 0 Å². The van der Waals surface area contributed by atoms with Crippen LogP contribution in [0.4, 0.5) is 14.5 Å². The van der Waals surface area contributed by atoms with Crippen molar-refractivity contribution in [2.75, 3.05) is 24.0 Å². The van der Waals surface area contributed by atoms with Crippen molar-refractivity contribution in [1.29, 1.82) is 0 Å². The molecular weight excluding hydrogens is 324 g/mol. The molecule has 1 aromatic carbocycles. The van der Waals surface area contributed by atoms with Crippen molar-refractivity contribution >= 4 is 25.4 Å². The van der Waals surface area contributed by atoms with Crippen LogP contribution < -0.4 is 4.90 Å². The molecule has 0 amide bonds. The van der Waals surface area contributed by atoms with Crippen molar-refractivity contribution in [3.8, 4) is 0 Å². The molecule has 0 N–H and O–H groups in total. The predicted molar refractivity (Wildman–Crippen MR) is 77.2 cm³/mol. The Kier molecular flexibility index (Phi) is 5.32. The molecule has 0 bridgehead atoms. The van der Waals surface area contributed by atoms with Gasteiger partial charge in [0.15, 0.2) is 0 Å². The molecule has 0 spiro atoms. The third kappa shape index (κ3) is 4.63. The average molecular weight is 341 g/mol. The molecular formula is C12H17F2NO4S2. The van der Waals surface area contributed by atoms with Gasteiger partial charge >= 0.3 is 5.76 Å². The standard InChI is InChI=1S/C12H17F2NO4S2/c1-9(8-20(3,16)17)15(2)10-4-6-11(7-5-10)21(18,19)12(13)14/h4-7,9,12H,8H2,1-3H3. The van der Waals surface area contributed by atoms with Crippen LogP contribution in [0.3, 0.4) is 0 Å². The van der Waals surface area contributed by atoms with Gasteiger partial charge in [0.1, 0.15) is 9.84 Å². The smallest absolute Gasteiger partial charge is 0.341 e. The second-order valence-electron chi connectivity index (χ2n) is 4.85. The molecule has 21 heavy (non-hydrogen) atoms. The van der Waals surface area contributed by atoms with Gasteiger partial charge in [-0.15, -0.1) is 0 Å². The summed E-state index contributed by atoms with van der Waals surface area (Å²) in [7, 11) is -6.13. The van der Waals surface area contributed by atoms with E-state index in [0.717, 1.165) is 18.4 Å². The second kappa shape index (κ2) is 6.27. The monoisotopic (exact) mass is 341 g/mol. The number of alkyl halides is 2. The van der Waals surface area contributed by atoms with Crippen LogP contribution in [0, 0.1) is 0 Å². The summed E-state index contributed by atoms with van der Waals surface area (Å²) in [6, 6.07) is 4.57. The molecule has 0 fully saturated rings. The van der Waals surface area contributed by atoms with E-state index in [9.17, 15) is 25.6 Å². The van der Waals surface area contributed by atoms with Gasteiger partial charge in [0.2, 0.25) is 9.84 Å². The maximum atomic E-state index is 12.4. The molecule has 1 rings (SSSR count). The molecule has 9 heteroatoms. The lowest BCUT2D eigenvalue weighted by atomic mass is 10.2. The molecule has 120 valence electrons. The summed E-state index contributed by atoms with van der Waals surface area (Å²) in [5.41, 5.74) is 0.541. The number of hydrogen-bond acceptors (Lipinski definition) is 5. The molecule has 0 aliphatic rings. The van der Waals surface area contributed by atoms with Gasteiger partial charge in [0, 0.05) is 25.0 Å². The lowest BCUT2D eigenvalue weighted by molar-refractivity contribution is 0.234. The lowest BCUT2D eigenvalue weighted by Crippen LogP contribution is -2.34. The van der Waals surface area contributed by atoms with E-state index >= 15 is 0 Å². The first-order chi connectivity index (χ1) is 9.45. The quantitative estimate of drug-likeness (QED) is 0.785. The largest absolute Gasteiger partial charge is 0.371 e. The van der Waals surface area contributed by atoms with Crippen molar-refractivity contribution in [3.63, 3.8) is 0 Å². The molecule has 0 saturated heterocycles. The van der Waals surface area contributed by atoms with E-state index in [4.69, 9.17) is 0 Å². The van der Waals surface area contributed by atoms with Crippen LogP contribution >= 0.6 is 0 Å². The van der Waals surface area contributed by atoms with E-state index in [-0.39, 0.29) is 11.8 Å². The van der Waals surface area contributed by atoms with Crippen molar-refractivity contribution in [1.82, 2.24) is 0 Å². The summed E-state index contributed by atoms with van der Waals surface area (Å²) in [6.45, 7) is 1.70. The fraction of sp³-hybridized carbons (Fsp3) is 0.500. The van der Waals surface area contributed by atoms with Gasteiger partial charge in [-0.1, -0.05) is 0 Å². The van der Waals surface area contributed by atoms with Gasteiger partial charge in [-0.05, 0) is 31.2 Å². The Morgan fingerprint density at radius 3 is 1.95 bits per heavy atom. The number of sulfone groups is 2. The number of nitrogens with zero attached hydrogens (tertiary/aromatic N) is 1. The Balaban J connectivity index is 2.98. The summed E-state index contributed by atoms with van der Waals surface area (Å²) in [5.74, 6) is -3.54. The van der Waals surface area contributed by atoms with E-state index in [1.165, 1.54) is 12.1 Å². The normalized spacial score (nSPS) is 14.2. The zero-order valence-corrected chi connectivity index (χ0v) is 13.5. The van der Waals surface area contributed by atoms with E-state index < -0.39 is 30.3 Å². The van der Waals surface area contributed by atoms with Crippen LogP contribution in [-0.4, -0.2) is 47.7 Å². The number of halogens is 2.